The van der Waals surface area contributed by atoms with Crippen LogP contribution in [0, 0.1) is 0 Å². The summed E-state index contributed by atoms with van der Waals surface area (Å²) in [6.45, 7) is 0. The first kappa shape index (κ1) is 44.3. The van der Waals surface area contributed by atoms with E-state index in [1.165, 1.54) is 61.8 Å². The Bertz CT molecular complexity index is 2590. The highest BCUT2D eigenvalue weighted by Crippen LogP contribution is 2.35. The molecule has 0 fully saturated rings. The van der Waals surface area contributed by atoms with Crippen molar-refractivity contribution >= 4 is 118 Å². The van der Waals surface area contributed by atoms with Crippen LogP contribution in [0.2, 0.25) is 0 Å². The number of carbonyl (C=O) groups excluding carboxylic acids is 3. The Kier molecular flexibility index (Phi) is 14.8. The Morgan fingerprint density at radius 3 is 2.36 bits per heavy atom. The van der Waals surface area contributed by atoms with Gasteiger partial charge in [-0.05, 0) is 110 Å². The summed E-state index contributed by atoms with van der Waals surface area (Å²) in [5.74, 6) is -2.76. The second-order valence-corrected chi connectivity index (χ2v) is 16.5. The summed E-state index contributed by atoms with van der Waals surface area (Å²) in [7, 11) is -3.50. The molecule has 10 N–H and O–H groups in total. The molecule has 308 valence electrons. The Balaban J connectivity index is 1.28. The van der Waals surface area contributed by atoms with Crippen LogP contribution in [0.4, 0.5) is 21.9 Å². The number of thiocarbonyl (C=S) groups is 1. The molecule has 2 unspecified atom stereocenters. The van der Waals surface area contributed by atoms with Crippen molar-refractivity contribution in [1.82, 2.24) is 21.6 Å². The number of hydrogen-bond acceptors (Lipinski definition) is 13. The summed E-state index contributed by atoms with van der Waals surface area (Å²) in [4.78, 5) is 38.1. The summed E-state index contributed by atoms with van der Waals surface area (Å²) in [5.41, 5.74) is 7.85. The minimum atomic E-state index is -4.82. The van der Waals surface area contributed by atoms with E-state index in [2.05, 4.69) is 58.6 Å². The second-order valence-electron chi connectivity index (χ2n) is 12.0. The third-order valence-electron chi connectivity index (χ3n) is 7.93. The molecule has 0 saturated heterocycles. The van der Waals surface area contributed by atoms with Gasteiger partial charge in [0.15, 0.2) is 22.7 Å². The molecule has 2 atom stereocenters. The van der Waals surface area contributed by atoms with Gasteiger partial charge in [0.1, 0.15) is 4.90 Å². The molecular weight excluding hydrogens is 913 g/mol. The number of amides is 4. The lowest BCUT2D eigenvalue weighted by Crippen LogP contribution is -2.54. The van der Waals surface area contributed by atoms with Gasteiger partial charge in [-0.1, -0.05) is 42.5 Å². The molecule has 0 aliphatic rings. The molecule has 5 aromatic rings. The van der Waals surface area contributed by atoms with E-state index < -0.39 is 55.7 Å². The molecule has 18 nitrogen and oxygen atoms in total. The number of thioether (sulfide) groups is 1. The number of nitrogens with one attached hydrogen (secondary N) is 7. The van der Waals surface area contributed by atoms with E-state index in [9.17, 15) is 46.3 Å². The van der Waals surface area contributed by atoms with Crippen molar-refractivity contribution < 1.29 is 46.3 Å². The van der Waals surface area contributed by atoms with Gasteiger partial charge in [0, 0.05) is 34.0 Å². The molecule has 4 amide bonds. The van der Waals surface area contributed by atoms with E-state index in [1.807, 2.05) is 24.3 Å². The lowest BCUT2D eigenvalue weighted by Gasteiger charge is -2.20. The van der Waals surface area contributed by atoms with Crippen LogP contribution in [0.5, 0.6) is 11.5 Å². The number of nitrogens with zero attached hydrogens (tertiary/aromatic N) is 1. The van der Waals surface area contributed by atoms with E-state index in [4.69, 9.17) is 12.2 Å². The van der Waals surface area contributed by atoms with E-state index >= 15 is 0 Å². The standard InChI is InChI=1S/C36H33BrN8O10S4/c1-38-35(50)42-26-8-4-7-22(32(26)59(53,54)55)18-57-28-12-11-24(16-29(28)58(51)52)41-36(56)45-44-34(49)30(40-23-10-9-20-5-2-3-6-21(20)15-23)33(48)43-39-17-19-13-25(37)31(47)27(46)14-19/h2-17,30,40,46-47H,18H2,1H3,(H,43,48)(H,44,49)(H,51,52)(H2,38,42,50)(H2,41,45,56)(H,53,54,55)/p-1/b39-17+. The van der Waals surface area contributed by atoms with Crippen molar-refractivity contribution in [3.05, 3.63) is 107 Å². The molecule has 0 bridgehead atoms. The van der Waals surface area contributed by atoms with Crippen molar-refractivity contribution in [2.45, 2.75) is 26.5 Å². The number of hydrazine groups is 1. The zero-order valence-electron chi connectivity index (χ0n) is 30.2. The predicted octanol–water partition coefficient (Wildman–Crippen LogP) is 4.49. The zero-order valence-corrected chi connectivity index (χ0v) is 35.0. The van der Waals surface area contributed by atoms with Gasteiger partial charge in [0.25, 0.3) is 21.9 Å². The summed E-state index contributed by atoms with van der Waals surface area (Å²) in [6, 6.07) is 21.2. The van der Waals surface area contributed by atoms with Gasteiger partial charge in [-0.15, -0.1) is 11.8 Å². The first-order valence-corrected chi connectivity index (χ1v) is 21.3. The summed E-state index contributed by atoms with van der Waals surface area (Å²) in [5, 5.41) is 35.3. The predicted molar refractivity (Wildman–Crippen MR) is 230 cm³/mol. The van der Waals surface area contributed by atoms with Crippen molar-refractivity contribution in [3.63, 3.8) is 0 Å². The topological polar surface area (TPSA) is 283 Å². The molecule has 0 saturated carbocycles. The number of aromatic hydroxyl groups is 2. The van der Waals surface area contributed by atoms with E-state index in [0.717, 1.165) is 22.5 Å². The molecule has 0 aliphatic carbocycles. The highest BCUT2D eigenvalue weighted by Gasteiger charge is 2.27. The number of benzene rings is 5. The average Bonchev–Trinajstić information content (AvgIpc) is 3.19. The quantitative estimate of drug-likeness (QED) is 0.0114. The molecule has 5 aromatic carbocycles. The summed E-state index contributed by atoms with van der Waals surface area (Å²) < 4.78 is 59.2. The Labute approximate surface area is 356 Å². The number of hydrazone groups is 1. The number of carbonyl (C=O) groups is 3. The zero-order chi connectivity index (χ0) is 42.9. The number of fused-ring (bicyclic) bond motifs is 1. The summed E-state index contributed by atoms with van der Waals surface area (Å²) in [6.07, 6.45) is 1.18. The van der Waals surface area contributed by atoms with Crippen LogP contribution in [0.1, 0.15) is 11.1 Å². The third-order valence-corrected chi connectivity index (χ3v) is 11.7. The van der Waals surface area contributed by atoms with Crippen molar-refractivity contribution in [2.75, 3.05) is 23.0 Å². The SMILES string of the molecule is CNC(=O)Nc1cccc(CSc2ccc(NC(=S)NNC(=O)C(Nc3ccc4ccccc4c3)C(=O)N/N=C/c3cc(O)c(O)c(Br)c3)cc2S(=O)[O-])c1S(=O)(=O)O. The number of urea groups is 1. The van der Waals surface area contributed by atoms with Crippen molar-refractivity contribution in [1.29, 1.82) is 0 Å². The molecule has 5 rings (SSSR count). The highest BCUT2D eigenvalue weighted by atomic mass is 79.9. The average molecular weight is 945 g/mol. The number of phenols is 2. The molecular formula is C36H32BrN8O10S4-. The van der Waals surface area contributed by atoms with Crippen LogP contribution in [0.25, 0.3) is 10.8 Å². The van der Waals surface area contributed by atoms with E-state index in [1.54, 1.807) is 18.2 Å². The largest absolute Gasteiger partial charge is 0.768 e. The number of phenolic OH excluding ortho intramolecular Hbond substituents is 2. The molecule has 0 spiro atoms. The fourth-order valence-electron chi connectivity index (χ4n) is 5.24. The molecule has 0 aliphatic heterocycles. The first-order valence-electron chi connectivity index (χ1n) is 16.6. The Morgan fingerprint density at radius 1 is 0.932 bits per heavy atom. The van der Waals surface area contributed by atoms with Gasteiger partial charge >= 0.3 is 6.03 Å². The highest BCUT2D eigenvalue weighted by molar-refractivity contribution is 9.10. The lowest BCUT2D eigenvalue weighted by atomic mass is 10.1. The summed E-state index contributed by atoms with van der Waals surface area (Å²) >= 11 is 6.54. The van der Waals surface area contributed by atoms with Gasteiger partial charge in [-0.2, -0.15) is 13.5 Å². The van der Waals surface area contributed by atoms with E-state index in [0.29, 0.717) is 11.3 Å². The Morgan fingerprint density at radius 2 is 1.66 bits per heavy atom. The van der Waals surface area contributed by atoms with Gasteiger partial charge in [-0.3, -0.25) is 29.2 Å². The number of halogens is 1. The van der Waals surface area contributed by atoms with Crippen LogP contribution in [-0.2, 0) is 36.5 Å². The fourth-order valence-corrected chi connectivity index (χ4v) is 8.59. The lowest BCUT2D eigenvalue weighted by molar-refractivity contribution is -0.130. The van der Waals surface area contributed by atoms with Gasteiger partial charge in [-0.25, -0.2) is 10.2 Å². The second kappa shape index (κ2) is 19.8. The molecule has 0 aromatic heterocycles. The molecule has 23 heteroatoms. The first-order chi connectivity index (χ1) is 28.0. The molecule has 0 heterocycles. The van der Waals surface area contributed by atoms with Crippen LogP contribution in [0.15, 0.2) is 115 Å². The number of hydrogen-bond donors (Lipinski definition) is 10. The third kappa shape index (κ3) is 11.9. The maximum atomic E-state index is 13.5. The maximum Gasteiger partial charge on any atom is 0.319 e. The minimum Gasteiger partial charge on any atom is -0.768 e. The maximum absolute atomic E-state index is 13.5. The minimum absolute atomic E-state index is 0.0807. The van der Waals surface area contributed by atoms with Crippen LogP contribution < -0.4 is 37.5 Å². The van der Waals surface area contributed by atoms with Crippen LogP contribution in [-0.4, -0.2) is 74.2 Å². The molecule has 0 radical (unpaired) electrons. The number of rotatable bonds is 13. The van der Waals surface area contributed by atoms with Gasteiger partial charge in [0.05, 0.1) is 16.4 Å². The van der Waals surface area contributed by atoms with Crippen LogP contribution >= 0.6 is 39.9 Å². The molecule has 59 heavy (non-hydrogen) atoms. The van der Waals surface area contributed by atoms with Crippen LogP contribution in [0.3, 0.4) is 0 Å². The number of anilines is 3. The van der Waals surface area contributed by atoms with Crippen molar-refractivity contribution in [3.8, 4) is 11.5 Å². The van der Waals surface area contributed by atoms with E-state index in [-0.39, 0.29) is 47.8 Å². The monoisotopic (exact) mass is 943 g/mol. The normalized spacial score (nSPS) is 12.3. The Hall–Kier alpha value is -5.82. The van der Waals surface area contributed by atoms with Crippen molar-refractivity contribution in [2.24, 2.45) is 5.10 Å². The fraction of sp³-hybridized carbons (Fsp3) is 0.0833. The smallest absolute Gasteiger partial charge is 0.319 e. The van der Waals surface area contributed by atoms with Gasteiger partial charge < -0.3 is 36.0 Å². The van der Waals surface area contributed by atoms with Gasteiger partial charge in [0.2, 0.25) is 0 Å².